The van der Waals surface area contributed by atoms with Crippen molar-refractivity contribution in [2.45, 2.75) is 13.0 Å². The van der Waals surface area contributed by atoms with Crippen molar-refractivity contribution in [1.29, 1.82) is 0 Å². The van der Waals surface area contributed by atoms with E-state index in [2.05, 4.69) is 16.7 Å². The molecule has 0 spiro atoms. The lowest BCUT2D eigenvalue weighted by atomic mass is 10.2. The van der Waals surface area contributed by atoms with Gasteiger partial charge in [-0.15, -0.1) is 0 Å². The fourth-order valence-corrected chi connectivity index (χ4v) is 2.54. The van der Waals surface area contributed by atoms with E-state index in [1.807, 2.05) is 24.3 Å². The molecule has 5 heteroatoms. The highest BCUT2D eigenvalue weighted by atomic mass is 16.5. The van der Waals surface area contributed by atoms with Gasteiger partial charge in [0.15, 0.2) is 0 Å². The molecule has 1 aliphatic heterocycles. The quantitative estimate of drug-likeness (QED) is 0.814. The molecule has 0 radical (unpaired) electrons. The molecule has 1 aromatic rings. The Balaban J connectivity index is 1.65. The first-order chi connectivity index (χ1) is 10.2. The standard InChI is InChI=1S/C16H27N3O2/c1-14(13-17)19-9-7-18(8-10-19)11-12-21-16-5-3-15(20-2)4-6-16/h3-6,14H,7-13,17H2,1-2H3. The molecule has 0 aromatic heterocycles. The number of hydrogen-bond acceptors (Lipinski definition) is 5. The van der Waals surface area contributed by atoms with Crippen LogP contribution in [-0.4, -0.2) is 68.8 Å². The fourth-order valence-electron chi connectivity index (χ4n) is 2.54. The molecule has 1 atom stereocenters. The third-order valence-corrected chi connectivity index (χ3v) is 4.11. The predicted molar refractivity (Wildman–Crippen MR) is 85.0 cm³/mol. The monoisotopic (exact) mass is 293 g/mol. The highest BCUT2D eigenvalue weighted by Gasteiger charge is 2.19. The molecule has 5 nitrogen and oxygen atoms in total. The van der Waals surface area contributed by atoms with Gasteiger partial charge in [0.25, 0.3) is 0 Å². The Hall–Kier alpha value is -1.30. The van der Waals surface area contributed by atoms with Crippen LogP contribution in [0.1, 0.15) is 6.92 Å². The number of rotatable bonds is 7. The van der Waals surface area contributed by atoms with Crippen molar-refractivity contribution in [2.75, 3.05) is 53.0 Å². The van der Waals surface area contributed by atoms with E-state index in [0.717, 1.165) is 57.4 Å². The highest BCUT2D eigenvalue weighted by molar-refractivity contribution is 5.31. The maximum atomic E-state index is 5.77. The summed E-state index contributed by atoms with van der Waals surface area (Å²) in [6.45, 7) is 9.01. The van der Waals surface area contributed by atoms with Crippen molar-refractivity contribution in [1.82, 2.24) is 9.80 Å². The van der Waals surface area contributed by atoms with Crippen LogP contribution in [0.15, 0.2) is 24.3 Å². The summed E-state index contributed by atoms with van der Waals surface area (Å²) >= 11 is 0. The molecule has 1 saturated heterocycles. The topological polar surface area (TPSA) is 51.0 Å². The maximum Gasteiger partial charge on any atom is 0.119 e. The van der Waals surface area contributed by atoms with Gasteiger partial charge in [0.2, 0.25) is 0 Å². The van der Waals surface area contributed by atoms with E-state index in [0.29, 0.717) is 6.04 Å². The number of ether oxygens (including phenoxy) is 2. The molecule has 1 aromatic carbocycles. The molecule has 1 aliphatic rings. The van der Waals surface area contributed by atoms with Gasteiger partial charge in [-0.05, 0) is 31.2 Å². The molecule has 0 amide bonds. The Morgan fingerprint density at radius 3 is 2.29 bits per heavy atom. The van der Waals surface area contributed by atoms with Gasteiger partial charge in [-0.3, -0.25) is 9.80 Å². The summed E-state index contributed by atoms with van der Waals surface area (Å²) in [7, 11) is 1.67. The van der Waals surface area contributed by atoms with Crippen molar-refractivity contribution < 1.29 is 9.47 Å². The molecule has 2 N–H and O–H groups in total. The second-order valence-corrected chi connectivity index (χ2v) is 5.49. The lowest BCUT2D eigenvalue weighted by Crippen LogP contribution is -2.51. The minimum atomic E-state index is 0.489. The highest BCUT2D eigenvalue weighted by Crippen LogP contribution is 2.17. The van der Waals surface area contributed by atoms with Crippen LogP contribution < -0.4 is 15.2 Å². The number of methoxy groups -OCH3 is 1. The number of nitrogens with two attached hydrogens (primary N) is 1. The molecular formula is C16H27N3O2. The molecule has 118 valence electrons. The molecular weight excluding hydrogens is 266 g/mol. The van der Waals surface area contributed by atoms with Crippen LogP contribution in [0, 0.1) is 0 Å². The summed E-state index contributed by atoms with van der Waals surface area (Å²) in [5.41, 5.74) is 5.72. The number of hydrogen-bond donors (Lipinski definition) is 1. The van der Waals surface area contributed by atoms with E-state index in [9.17, 15) is 0 Å². The van der Waals surface area contributed by atoms with E-state index >= 15 is 0 Å². The van der Waals surface area contributed by atoms with E-state index in [1.165, 1.54) is 0 Å². The molecule has 0 bridgehead atoms. The molecule has 0 aliphatic carbocycles. The van der Waals surface area contributed by atoms with Gasteiger partial charge in [0, 0.05) is 45.3 Å². The fraction of sp³-hybridized carbons (Fsp3) is 0.625. The zero-order chi connectivity index (χ0) is 15.1. The Bertz CT molecular complexity index is 402. The van der Waals surface area contributed by atoms with E-state index in [-0.39, 0.29) is 0 Å². The summed E-state index contributed by atoms with van der Waals surface area (Å²) in [5, 5.41) is 0. The molecule has 2 rings (SSSR count). The minimum Gasteiger partial charge on any atom is -0.497 e. The third kappa shape index (κ3) is 4.88. The second kappa shape index (κ2) is 8.22. The SMILES string of the molecule is COc1ccc(OCCN2CCN(C(C)CN)CC2)cc1. The lowest BCUT2D eigenvalue weighted by molar-refractivity contribution is 0.0941. The summed E-state index contributed by atoms with van der Waals surface area (Å²) in [4.78, 5) is 4.91. The summed E-state index contributed by atoms with van der Waals surface area (Å²) in [6, 6.07) is 8.21. The van der Waals surface area contributed by atoms with E-state index < -0.39 is 0 Å². The van der Waals surface area contributed by atoms with Crippen molar-refractivity contribution in [2.24, 2.45) is 5.73 Å². The van der Waals surface area contributed by atoms with Crippen molar-refractivity contribution in [3.63, 3.8) is 0 Å². The minimum absolute atomic E-state index is 0.489. The molecule has 21 heavy (non-hydrogen) atoms. The smallest absolute Gasteiger partial charge is 0.119 e. The number of benzene rings is 1. The Morgan fingerprint density at radius 2 is 1.71 bits per heavy atom. The first-order valence-electron chi connectivity index (χ1n) is 7.66. The average molecular weight is 293 g/mol. The van der Waals surface area contributed by atoms with Crippen molar-refractivity contribution in [3.05, 3.63) is 24.3 Å². The molecule has 0 saturated carbocycles. The number of nitrogens with zero attached hydrogens (tertiary/aromatic N) is 2. The first-order valence-corrected chi connectivity index (χ1v) is 7.66. The van der Waals surface area contributed by atoms with Gasteiger partial charge in [0.05, 0.1) is 7.11 Å². The van der Waals surface area contributed by atoms with Crippen LogP contribution in [0.3, 0.4) is 0 Å². The van der Waals surface area contributed by atoms with Gasteiger partial charge < -0.3 is 15.2 Å². The zero-order valence-corrected chi connectivity index (χ0v) is 13.1. The Labute approximate surface area is 127 Å². The largest absolute Gasteiger partial charge is 0.497 e. The van der Waals surface area contributed by atoms with Crippen LogP contribution in [0.4, 0.5) is 0 Å². The summed E-state index contributed by atoms with van der Waals surface area (Å²) in [6.07, 6.45) is 0. The number of piperazine rings is 1. The van der Waals surface area contributed by atoms with E-state index in [1.54, 1.807) is 7.11 Å². The van der Waals surface area contributed by atoms with Gasteiger partial charge >= 0.3 is 0 Å². The third-order valence-electron chi connectivity index (χ3n) is 4.11. The van der Waals surface area contributed by atoms with Gasteiger partial charge in [-0.25, -0.2) is 0 Å². The van der Waals surface area contributed by atoms with Crippen LogP contribution in [0.5, 0.6) is 11.5 Å². The first kappa shape index (κ1) is 16.1. The normalized spacial score (nSPS) is 18.4. The zero-order valence-electron chi connectivity index (χ0n) is 13.1. The van der Waals surface area contributed by atoms with Crippen molar-refractivity contribution >= 4 is 0 Å². The maximum absolute atomic E-state index is 5.77. The second-order valence-electron chi connectivity index (χ2n) is 5.49. The molecule has 1 heterocycles. The van der Waals surface area contributed by atoms with Gasteiger partial charge in [-0.2, -0.15) is 0 Å². The summed E-state index contributed by atoms with van der Waals surface area (Å²) < 4.78 is 10.9. The molecule has 1 unspecified atom stereocenters. The van der Waals surface area contributed by atoms with Gasteiger partial charge in [0.1, 0.15) is 18.1 Å². The van der Waals surface area contributed by atoms with Crippen molar-refractivity contribution in [3.8, 4) is 11.5 Å². The Morgan fingerprint density at radius 1 is 1.10 bits per heavy atom. The van der Waals surface area contributed by atoms with Gasteiger partial charge in [-0.1, -0.05) is 0 Å². The van der Waals surface area contributed by atoms with Crippen LogP contribution in [-0.2, 0) is 0 Å². The Kier molecular flexibility index (Phi) is 6.29. The molecule has 1 fully saturated rings. The van der Waals surface area contributed by atoms with Crippen LogP contribution >= 0.6 is 0 Å². The lowest BCUT2D eigenvalue weighted by Gasteiger charge is -2.37. The van der Waals surface area contributed by atoms with Crippen LogP contribution in [0.2, 0.25) is 0 Å². The predicted octanol–water partition coefficient (Wildman–Crippen LogP) is 1.04. The average Bonchev–Trinajstić information content (AvgIpc) is 2.55. The summed E-state index contributed by atoms with van der Waals surface area (Å²) in [5.74, 6) is 1.75. The van der Waals surface area contributed by atoms with E-state index in [4.69, 9.17) is 15.2 Å². The van der Waals surface area contributed by atoms with Crippen LogP contribution in [0.25, 0.3) is 0 Å².